The first kappa shape index (κ1) is 14.5. The van der Waals surface area contributed by atoms with Gasteiger partial charge in [0, 0.05) is 17.8 Å². The number of aromatic amines is 1. The lowest BCUT2D eigenvalue weighted by Gasteiger charge is -2.10. The Kier molecular flexibility index (Phi) is 3.95. The summed E-state index contributed by atoms with van der Waals surface area (Å²) in [5, 5.41) is 0.794. The third kappa shape index (κ3) is 2.67. The van der Waals surface area contributed by atoms with Crippen molar-refractivity contribution in [2.24, 2.45) is 5.73 Å². The average molecular weight is 323 g/mol. The highest BCUT2D eigenvalue weighted by Crippen LogP contribution is 2.33. The van der Waals surface area contributed by atoms with Crippen LogP contribution in [0.5, 0.6) is 0 Å². The van der Waals surface area contributed by atoms with Crippen LogP contribution < -0.4 is 11.3 Å². The second-order valence-corrected chi connectivity index (χ2v) is 6.86. The van der Waals surface area contributed by atoms with Gasteiger partial charge in [-0.05, 0) is 49.9 Å². The van der Waals surface area contributed by atoms with Gasteiger partial charge >= 0.3 is 0 Å². The Morgan fingerprint density at radius 3 is 2.90 bits per heavy atom. The molecule has 2 heterocycles. The predicted octanol–water partition coefficient (Wildman–Crippen LogP) is 2.26. The molecule has 0 aliphatic heterocycles. The summed E-state index contributed by atoms with van der Waals surface area (Å²) < 4.78 is 1.98. The van der Waals surface area contributed by atoms with Crippen molar-refractivity contribution in [1.29, 1.82) is 0 Å². The molecule has 0 spiro atoms. The maximum atomic E-state index is 12.7. The number of nitrogens with two attached hydrogens (primary N) is 1. The molecule has 0 radical (unpaired) electrons. The first-order chi connectivity index (χ1) is 10.1. The van der Waals surface area contributed by atoms with Gasteiger partial charge in [-0.25, -0.2) is 0 Å². The summed E-state index contributed by atoms with van der Waals surface area (Å²) in [7, 11) is 0. The molecule has 1 amide bonds. The number of carbonyl (C=O) groups is 1. The van der Waals surface area contributed by atoms with Gasteiger partial charge in [0.05, 0.1) is 5.39 Å². The van der Waals surface area contributed by atoms with Crippen LogP contribution in [0.3, 0.4) is 0 Å². The Bertz CT molecular complexity index is 816. The van der Waals surface area contributed by atoms with Crippen molar-refractivity contribution in [3.05, 3.63) is 25.6 Å². The number of carbonyl (C=O) groups excluding carboxylic acids is 1. The van der Waals surface area contributed by atoms with Gasteiger partial charge in [-0.15, -0.1) is 11.3 Å². The van der Waals surface area contributed by atoms with Crippen LogP contribution in [0.2, 0.25) is 0 Å². The Labute approximate surface area is 130 Å². The number of nitrogens with one attached hydrogen (secondary N) is 1. The minimum Gasteiger partial charge on any atom is -0.370 e. The zero-order valence-electron chi connectivity index (χ0n) is 11.6. The van der Waals surface area contributed by atoms with E-state index in [0.717, 1.165) is 29.5 Å². The Balaban J connectivity index is 2.07. The number of fused-ring (bicyclic) bond motifs is 3. The number of aromatic nitrogens is 2. The molecule has 3 rings (SSSR count). The molecule has 21 heavy (non-hydrogen) atoms. The minimum absolute atomic E-state index is 0.0300. The summed E-state index contributed by atoms with van der Waals surface area (Å²) >= 11 is 6.94. The summed E-state index contributed by atoms with van der Waals surface area (Å²) in [6.45, 7) is 0.428. The van der Waals surface area contributed by atoms with Gasteiger partial charge in [-0.2, -0.15) is 0 Å². The van der Waals surface area contributed by atoms with E-state index in [-0.39, 0.29) is 17.9 Å². The number of hydrogen-bond acceptors (Lipinski definition) is 4. The lowest BCUT2D eigenvalue weighted by atomic mass is 9.97. The SMILES string of the molecule is NC(=O)CCCn1c(=S)[nH]c2sc3c(c2c1=O)CCCC3. The predicted molar refractivity (Wildman–Crippen MR) is 86.3 cm³/mol. The van der Waals surface area contributed by atoms with Crippen molar-refractivity contribution in [2.75, 3.05) is 0 Å². The van der Waals surface area contributed by atoms with Crippen LogP contribution in [0.1, 0.15) is 36.1 Å². The zero-order chi connectivity index (χ0) is 15.0. The molecule has 7 heteroatoms. The van der Waals surface area contributed by atoms with Crippen LogP contribution in [0, 0.1) is 4.77 Å². The molecule has 0 aromatic carbocycles. The second kappa shape index (κ2) is 5.73. The molecule has 0 unspecified atom stereocenters. The van der Waals surface area contributed by atoms with Crippen LogP contribution in [0.4, 0.5) is 0 Å². The van der Waals surface area contributed by atoms with Gasteiger partial charge in [0.15, 0.2) is 4.77 Å². The Hall–Kier alpha value is -1.47. The third-order valence-corrected chi connectivity index (χ3v) is 5.43. The number of nitrogens with zero attached hydrogens (tertiary/aromatic N) is 1. The van der Waals surface area contributed by atoms with E-state index in [9.17, 15) is 9.59 Å². The molecular weight excluding hydrogens is 306 g/mol. The first-order valence-corrected chi connectivity index (χ1v) is 8.36. The molecule has 112 valence electrons. The quantitative estimate of drug-likeness (QED) is 0.847. The van der Waals surface area contributed by atoms with Gasteiger partial charge < -0.3 is 10.7 Å². The lowest BCUT2D eigenvalue weighted by molar-refractivity contribution is -0.118. The molecule has 0 bridgehead atoms. The van der Waals surface area contributed by atoms with Crippen molar-refractivity contribution in [1.82, 2.24) is 9.55 Å². The van der Waals surface area contributed by atoms with Crippen LogP contribution in [0.15, 0.2) is 4.79 Å². The standard InChI is InChI=1S/C14H17N3O2S2/c15-10(18)6-3-7-17-13(19)11-8-4-1-2-5-9(8)21-12(11)16-14(17)20/h1-7H2,(H2,15,18)(H,16,20). The highest BCUT2D eigenvalue weighted by atomic mass is 32.1. The normalized spacial score (nSPS) is 14.3. The number of thiophene rings is 1. The molecule has 1 aliphatic carbocycles. The second-order valence-electron chi connectivity index (χ2n) is 5.37. The summed E-state index contributed by atoms with van der Waals surface area (Å²) in [6, 6.07) is 0. The van der Waals surface area contributed by atoms with E-state index in [1.54, 1.807) is 15.9 Å². The topological polar surface area (TPSA) is 80.9 Å². The van der Waals surface area contributed by atoms with Crippen molar-refractivity contribution < 1.29 is 4.79 Å². The highest BCUT2D eigenvalue weighted by Gasteiger charge is 2.20. The molecule has 0 fully saturated rings. The van der Waals surface area contributed by atoms with Crippen LogP contribution >= 0.6 is 23.6 Å². The molecular formula is C14H17N3O2S2. The van der Waals surface area contributed by atoms with E-state index in [4.69, 9.17) is 18.0 Å². The number of aryl methyl sites for hydroxylation is 2. The summed E-state index contributed by atoms with van der Waals surface area (Å²) in [5.74, 6) is -0.355. The van der Waals surface area contributed by atoms with E-state index < -0.39 is 0 Å². The summed E-state index contributed by atoms with van der Waals surface area (Å²) in [6.07, 6.45) is 5.14. The molecule has 1 aliphatic rings. The molecule has 0 atom stereocenters. The zero-order valence-corrected chi connectivity index (χ0v) is 13.2. The lowest BCUT2D eigenvalue weighted by Crippen LogP contribution is -2.23. The summed E-state index contributed by atoms with van der Waals surface area (Å²) in [5.41, 5.74) is 6.30. The van der Waals surface area contributed by atoms with Crippen LogP contribution in [-0.4, -0.2) is 15.5 Å². The number of H-pyrrole nitrogens is 1. The van der Waals surface area contributed by atoms with Gasteiger partial charge in [0.25, 0.3) is 5.56 Å². The van der Waals surface area contributed by atoms with Crippen molar-refractivity contribution in [3.8, 4) is 0 Å². The van der Waals surface area contributed by atoms with E-state index in [1.165, 1.54) is 16.9 Å². The van der Waals surface area contributed by atoms with Crippen molar-refractivity contribution >= 4 is 39.7 Å². The van der Waals surface area contributed by atoms with Crippen LogP contribution in [-0.2, 0) is 24.2 Å². The van der Waals surface area contributed by atoms with E-state index in [1.807, 2.05) is 0 Å². The smallest absolute Gasteiger partial charge is 0.263 e. The monoisotopic (exact) mass is 323 g/mol. The van der Waals surface area contributed by atoms with E-state index in [2.05, 4.69) is 4.98 Å². The highest BCUT2D eigenvalue weighted by molar-refractivity contribution is 7.71. The van der Waals surface area contributed by atoms with Crippen molar-refractivity contribution in [3.63, 3.8) is 0 Å². The average Bonchev–Trinajstić information content (AvgIpc) is 2.80. The van der Waals surface area contributed by atoms with E-state index in [0.29, 0.717) is 17.7 Å². The third-order valence-electron chi connectivity index (χ3n) is 3.90. The number of rotatable bonds is 4. The molecule has 5 nitrogen and oxygen atoms in total. The maximum absolute atomic E-state index is 12.7. The molecule has 0 saturated carbocycles. The summed E-state index contributed by atoms with van der Waals surface area (Å²) in [4.78, 5) is 28.9. The molecule has 3 N–H and O–H groups in total. The fraction of sp³-hybridized carbons (Fsp3) is 0.500. The Morgan fingerprint density at radius 1 is 1.38 bits per heavy atom. The van der Waals surface area contributed by atoms with Crippen molar-refractivity contribution in [2.45, 2.75) is 45.1 Å². The number of primary amides is 1. The fourth-order valence-electron chi connectivity index (χ4n) is 2.89. The maximum Gasteiger partial charge on any atom is 0.263 e. The fourth-order valence-corrected chi connectivity index (χ4v) is 4.51. The Morgan fingerprint density at radius 2 is 2.14 bits per heavy atom. The van der Waals surface area contributed by atoms with Crippen LogP contribution in [0.25, 0.3) is 10.2 Å². The number of amides is 1. The van der Waals surface area contributed by atoms with Gasteiger partial charge in [-0.3, -0.25) is 14.2 Å². The largest absolute Gasteiger partial charge is 0.370 e. The molecule has 2 aromatic heterocycles. The van der Waals surface area contributed by atoms with Gasteiger partial charge in [0.1, 0.15) is 4.83 Å². The van der Waals surface area contributed by atoms with Gasteiger partial charge in [-0.1, -0.05) is 0 Å². The first-order valence-electron chi connectivity index (χ1n) is 7.13. The van der Waals surface area contributed by atoms with E-state index >= 15 is 0 Å². The van der Waals surface area contributed by atoms with Gasteiger partial charge in [0.2, 0.25) is 5.91 Å². The molecule has 0 saturated heterocycles. The molecule has 2 aromatic rings. The minimum atomic E-state index is -0.355. The number of hydrogen-bond donors (Lipinski definition) is 2.